The van der Waals surface area contributed by atoms with Crippen LogP contribution in [0.1, 0.15) is 25.0 Å². The summed E-state index contributed by atoms with van der Waals surface area (Å²) >= 11 is 5.02. The number of hydrogen-bond acceptors (Lipinski definition) is 3. The van der Waals surface area contributed by atoms with Gasteiger partial charge in [0.15, 0.2) is 0 Å². The second-order valence-corrected chi connectivity index (χ2v) is 4.34. The number of para-hydroxylation sites is 1. The van der Waals surface area contributed by atoms with E-state index in [0.717, 1.165) is 16.9 Å². The average Bonchev–Trinajstić information content (AvgIpc) is 2.28. The van der Waals surface area contributed by atoms with Crippen LogP contribution < -0.4 is 10.5 Å². The summed E-state index contributed by atoms with van der Waals surface area (Å²) in [6, 6.07) is 5.77. The van der Waals surface area contributed by atoms with Gasteiger partial charge in [0.05, 0.1) is 12.2 Å². The van der Waals surface area contributed by atoms with E-state index in [0.29, 0.717) is 18.2 Å². The van der Waals surface area contributed by atoms with Gasteiger partial charge in [-0.3, -0.25) is 0 Å². The molecule has 3 nitrogen and oxygen atoms in total. The summed E-state index contributed by atoms with van der Waals surface area (Å²) in [7, 11) is 0. The Kier molecular flexibility index (Phi) is 5.38. The maximum atomic E-state index is 5.85. The van der Waals surface area contributed by atoms with Crippen LogP contribution in [0.4, 0.5) is 0 Å². The molecule has 2 N–H and O–H groups in total. The zero-order valence-electron chi connectivity index (χ0n) is 10.5. The molecule has 17 heavy (non-hydrogen) atoms. The Morgan fingerprint density at radius 2 is 2.18 bits per heavy atom. The van der Waals surface area contributed by atoms with Gasteiger partial charge in [-0.15, -0.1) is 0 Å². The van der Waals surface area contributed by atoms with Crippen molar-refractivity contribution in [2.75, 3.05) is 13.2 Å². The minimum atomic E-state index is -0.0239. The third-order valence-electron chi connectivity index (χ3n) is 2.35. The second kappa shape index (κ2) is 6.57. The highest BCUT2D eigenvalue weighted by Gasteiger charge is 2.12. The lowest BCUT2D eigenvalue weighted by molar-refractivity contribution is 0.0653. The van der Waals surface area contributed by atoms with Crippen LogP contribution in [0.25, 0.3) is 0 Å². The van der Waals surface area contributed by atoms with E-state index in [1.165, 1.54) is 0 Å². The highest BCUT2D eigenvalue weighted by Crippen LogP contribution is 2.24. The molecule has 1 atom stereocenters. The third-order valence-corrected chi connectivity index (χ3v) is 2.57. The molecule has 0 radical (unpaired) electrons. The van der Waals surface area contributed by atoms with Crippen molar-refractivity contribution >= 4 is 17.2 Å². The monoisotopic (exact) mass is 253 g/mol. The number of rotatable bonds is 6. The summed E-state index contributed by atoms with van der Waals surface area (Å²) in [4.78, 5) is 0.354. The van der Waals surface area contributed by atoms with Crippen molar-refractivity contribution in [3.05, 3.63) is 29.3 Å². The first kappa shape index (κ1) is 13.9. The summed E-state index contributed by atoms with van der Waals surface area (Å²) in [6.45, 7) is 7.14. The van der Waals surface area contributed by atoms with E-state index in [-0.39, 0.29) is 6.10 Å². The Labute approximate surface area is 108 Å². The fourth-order valence-corrected chi connectivity index (χ4v) is 1.68. The highest BCUT2D eigenvalue weighted by atomic mass is 32.1. The van der Waals surface area contributed by atoms with Gasteiger partial charge in [0, 0.05) is 6.61 Å². The van der Waals surface area contributed by atoms with Gasteiger partial charge in [0.25, 0.3) is 0 Å². The number of ether oxygens (including phenoxy) is 2. The van der Waals surface area contributed by atoms with Crippen LogP contribution in [0, 0.1) is 6.92 Å². The molecule has 0 heterocycles. The molecule has 94 valence electrons. The normalized spacial score (nSPS) is 12.2. The molecule has 0 amide bonds. The Morgan fingerprint density at radius 1 is 1.47 bits per heavy atom. The molecule has 0 saturated heterocycles. The number of hydrogen-bond donors (Lipinski definition) is 1. The van der Waals surface area contributed by atoms with Crippen molar-refractivity contribution in [1.29, 1.82) is 0 Å². The van der Waals surface area contributed by atoms with E-state index in [4.69, 9.17) is 27.4 Å². The Hall–Kier alpha value is -1.13. The lowest BCUT2D eigenvalue weighted by atomic mass is 10.1. The second-order valence-electron chi connectivity index (χ2n) is 3.90. The van der Waals surface area contributed by atoms with E-state index in [9.17, 15) is 0 Å². The van der Waals surface area contributed by atoms with Crippen LogP contribution in [-0.4, -0.2) is 24.3 Å². The van der Waals surface area contributed by atoms with Gasteiger partial charge >= 0.3 is 0 Å². The van der Waals surface area contributed by atoms with Gasteiger partial charge in [0.2, 0.25) is 0 Å². The standard InChI is InChI=1S/C13H19NO2S/c1-4-15-8-10(3)16-12-9(2)6-5-7-11(12)13(14)17/h5-7,10H,4,8H2,1-3H3,(H2,14,17). The lowest BCUT2D eigenvalue weighted by Gasteiger charge is -2.18. The van der Waals surface area contributed by atoms with Gasteiger partial charge in [-0.25, -0.2) is 0 Å². The third kappa shape index (κ3) is 3.98. The molecular weight excluding hydrogens is 234 g/mol. The SMILES string of the molecule is CCOCC(C)Oc1c(C)cccc1C(N)=S. The number of nitrogens with two attached hydrogens (primary N) is 1. The maximum absolute atomic E-state index is 5.85. The first-order chi connectivity index (χ1) is 8.06. The minimum absolute atomic E-state index is 0.0239. The van der Waals surface area contributed by atoms with E-state index >= 15 is 0 Å². The van der Waals surface area contributed by atoms with E-state index in [1.54, 1.807) is 0 Å². The molecule has 1 rings (SSSR count). The van der Waals surface area contributed by atoms with Gasteiger partial charge in [-0.05, 0) is 32.4 Å². The Morgan fingerprint density at radius 3 is 2.76 bits per heavy atom. The van der Waals surface area contributed by atoms with Crippen LogP contribution in [0.3, 0.4) is 0 Å². The molecule has 1 aromatic rings. The van der Waals surface area contributed by atoms with Crippen molar-refractivity contribution in [2.45, 2.75) is 26.9 Å². The lowest BCUT2D eigenvalue weighted by Crippen LogP contribution is -2.22. The molecule has 0 saturated carbocycles. The van der Waals surface area contributed by atoms with Crippen molar-refractivity contribution in [3.63, 3.8) is 0 Å². The van der Waals surface area contributed by atoms with E-state index < -0.39 is 0 Å². The van der Waals surface area contributed by atoms with Crippen LogP contribution >= 0.6 is 12.2 Å². The quantitative estimate of drug-likeness (QED) is 0.791. The zero-order chi connectivity index (χ0) is 12.8. The highest BCUT2D eigenvalue weighted by molar-refractivity contribution is 7.80. The summed E-state index contributed by atoms with van der Waals surface area (Å²) in [5.41, 5.74) is 7.49. The van der Waals surface area contributed by atoms with Gasteiger partial charge < -0.3 is 15.2 Å². The topological polar surface area (TPSA) is 44.5 Å². The smallest absolute Gasteiger partial charge is 0.132 e. The predicted octanol–water partition coefficient (Wildman–Crippen LogP) is 2.43. The molecule has 0 fully saturated rings. The first-order valence-corrected chi connectivity index (χ1v) is 6.10. The molecule has 0 bridgehead atoms. The number of benzene rings is 1. The van der Waals surface area contributed by atoms with Crippen LogP contribution in [0.15, 0.2) is 18.2 Å². The van der Waals surface area contributed by atoms with Crippen LogP contribution in [0.5, 0.6) is 5.75 Å². The number of aryl methyl sites for hydroxylation is 1. The van der Waals surface area contributed by atoms with Gasteiger partial charge in [-0.1, -0.05) is 24.4 Å². The molecule has 0 aliphatic carbocycles. The summed E-state index contributed by atoms with van der Waals surface area (Å²) in [5.74, 6) is 0.757. The van der Waals surface area contributed by atoms with E-state index in [1.807, 2.05) is 39.0 Å². The molecule has 0 spiro atoms. The molecular formula is C13H19NO2S. The Balaban J connectivity index is 2.85. The largest absolute Gasteiger partial charge is 0.487 e. The molecule has 4 heteroatoms. The van der Waals surface area contributed by atoms with Crippen molar-refractivity contribution < 1.29 is 9.47 Å². The molecule has 0 aromatic heterocycles. The maximum Gasteiger partial charge on any atom is 0.132 e. The fraction of sp³-hybridized carbons (Fsp3) is 0.462. The van der Waals surface area contributed by atoms with Gasteiger partial charge in [0.1, 0.15) is 16.8 Å². The van der Waals surface area contributed by atoms with Crippen molar-refractivity contribution in [1.82, 2.24) is 0 Å². The fourth-order valence-electron chi connectivity index (χ4n) is 1.52. The number of thiocarbonyl (C=S) groups is 1. The molecule has 1 aromatic carbocycles. The average molecular weight is 253 g/mol. The Bertz CT molecular complexity index is 393. The predicted molar refractivity (Wildman–Crippen MR) is 73.6 cm³/mol. The first-order valence-electron chi connectivity index (χ1n) is 5.70. The summed E-state index contributed by atoms with van der Waals surface area (Å²) < 4.78 is 11.2. The minimum Gasteiger partial charge on any atom is -0.487 e. The van der Waals surface area contributed by atoms with E-state index in [2.05, 4.69) is 0 Å². The summed E-state index contributed by atoms with van der Waals surface area (Å²) in [6.07, 6.45) is -0.0239. The van der Waals surface area contributed by atoms with Crippen molar-refractivity contribution in [3.8, 4) is 5.75 Å². The van der Waals surface area contributed by atoms with Crippen LogP contribution in [-0.2, 0) is 4.74 Å². The molecule has 1 unspecified atom stereocenters. The van der Waals surface area contributed by atoms with Crippen LogP contribution in [0.2, 0.25) is 0 Å². The van der Waals surface area contributed by atoms with Crippen molar-refractivity contribution in [2.24, 2.45) is 5.73 Å². The zero-order valence-corrected chi connectivity index (χ0v) is 11.3. The molecule has 0 aliphatic rings. The molecule has 0 aliphatic heterocycles. The van der Waals surface area contributed by atoms with Gasteiger partial charge in [-0.2, -0.15) is 0 Å². The summed E-state index contributed by atoms with van der Waals surface area (Å²) in [5, 5.41) is 0.